The van der Waals surface area contributed by atoms with Crippen molar-refractivity contribution in [3.05, 3.63) is 23.7 Å². The molecule has 1 aliphatic carbocycles. The van der Waals surface area contributed by atoms with E-state index in [1.54, 1.807) is 0 Å². The first kappa shape index (κ1) is 14.7. The molecular formula is C18H28N2O2. The zero-order valence-corrected chi connectivity index (χ0v) is 13.7. The summed E-state index contributed by atoms with van der Waals surface area (Å²) in [6, 6.07) is 5.57. The number of piperazine rings is 1. The van der Waals surface area contributed by atoms with Gasteiger partial charge < -0.3 is 9.15 Å². The first-order valence-corrected chi connectivity index (χ1v) is 8.97. The van der Waals surface area contributed by atoms with Crippen molar-refractivity contribution in [2.75, 3.05) is 32.8 Å². The Morgan fingerprint density at radius 1 is 1.14 bits per heavy atom. The van der Waals surface area contributed by atoms with Crippen molar-refractivity contribution >= 4 is 0 Å². The summed E-state index contributed by atoms with van der Waals surface area (Å²) in [5.41, 5.74) is 0. The van der Waals surface area contributed by atoms with E-state index in [4.69, 9.17) is 9.15 Å². The molecule has 4 nitrogen and oxygen atoms in total. The Balaban J connectivity index is 1.35. The number of fused-ring (bicyclic) bond motifs is 1. The van der Waals surface area contributed by atoms with Gasteiger partial charge in [-0.2, -0.15) is 0 Å². The average molecular weight is 304 g/mol. The van der Waals surface area contributed by atoms with Crippen molar-refractivity contribution in [1.82, 2.24) is 9.80 Å². The largest absolute Gasteiger partial charge is 0.465 e. The van der Waals surface area contributed by atoms with Gasteiger partial charge in [0.1, 0.15) is 11.5 Å². The third-order valence-electron chi connectivity index (χ3n) is 5.40. The van der Waals surface area contributed by atoms with Crippen LogP contribution in [0.15, 0.2) is 16.5 Å². The number of hydrogen-bond donors (Lipinski definition) is 0. The molecule has 2 saturated heterocycles. The lowest BCUT2D eigenvalue weighted by Crippen LogP contribution is -2.62. The summed E-state index contributed by atoms with van der Waals surface area (Å²) >= 11 is 0. The molecule has 3 heterocycles. The standard InChI is InChI=1S/C18H28N2O2/c1-2-3-16-6-7-17(22-16)11-19-8-9-20-15(10-19)12-21-13-18(20)14-4-5-14/h6-7,14-15,18H,2-5,8-13H2,1H3/t15-,18-/m1/s1. The molecule has 1 saturated carbocycles. The van der Waals surface area contributed by atoms with Crippen molar-refractivity contribution in [3.8, 4) is 0 Å². The molecule has 22 heavy (non-hydrogen) atoms. The van der Waals surface area contributed by atoms with Gasteiger partial charge in [0.15, 0.2) is 0 Å². The summed E-state index contributed by atoms with van der Waals surface area (Å²) in [7, 11) is 0. The summed E-state index contributed by atoms with van der Waals surface area (Å²) in [5, 5.41) is 0. The van der Waals surface area contributed by atoms with Crippen molar-refractivity contribution in [2.45, 2.75) is 51.2 Å². The first-order valence-electron chi connectivity index (χ1n) is 8.97. The molecular weight excluding hydrogens is 276 g/mol. The maximum atomic E-state index is 5.95. The molecule has 0 radical (unpaired) electrons. The Bertz CT molecular complexity index is 497. The van der Waals surface area contributed by atoms with E-state index in [9.17, 15) is 0 Å². The van der Waals surface area contributed by atoms with Gasteiger partial charge in [0.2, 0.25) is 0 Å². The summed E-state index contributed by atoms with van der Waals surface area (Å²) in [6.07, 6.45) is 5.02. The molecule has 0 amide bonds. The molecule has 3 fully saturated rings. The number of nitrogens with zero attached hydrogens (tertiary/aromatic N) is 2. The van der Waals surface area contributed by atoms with Crippen LogP contribution in [0.4, 0.5) is 0 Å². The summed E-state index contributed by atoms with van der Waals surface area (Å²) < 4.78 is 11.8. The Morgan fingerprint density at radius 2 is 2.00 bits per heavy atom. The number of hydrogen-bond acceptors (Lipinski definition) is 4. The molecule has 4 rings (SSSR count). The van der Waals surface area contributed by atoms with E-state index in [0.717, 1.165) is 63.1 Å². The molecule has 3 aliphatic rings. The fourth-order valence-corrected chi connectivity index (χ4v) is 4.08. The summed E-state index contributed by atoms with van der Waals surface area (Å²) in [4.78, 5) is 5.27. The zero-order valence-electron chi connectivity index (χ0n) is 13.7. The topological polar surface area (TPSA) is 28.9 Å². The Labute approximate surface area is 133 Å². The fraction of sp³-hybridized carbons (Fsp3) is 0.778. The first-order chi connectivity index (χ1) is 10.8. The molecule has 4 heteroatoms. The number of ether oxygens (including phenoxy) is 1. The predicted octanol–water partition coefficient (Wildman–Crippen LogP) is 2.53. The third-order valence-corrected chi connectivity index (χ3v) is 5.40. The van der Waals surface area contributed by atoms with Crippen LogP contribution in [0.3, 0.4) is 0 Å². The number of furan rings is 1. The second-order valence-corrected chi connectivity index (χ2v) is 7.19. The van der Waals surface area contributed by atoms with Crippen LogP contribution >= 0.6 is 0 Å². The van der Waals surface area contributed by atoms with Gasteiger partial charge in [-0.25, -0.2) is 0 Å². The predicted molar refractivity (Wildman–Crippen MR) is 85.8 cm³/mol. The van der Waals surface area contributed by atoms with Crippen LogP contribution in [0.2, 0.25) is 0 Å². The van der Waals surface area contributed by atoms with Crippen LogP contribution in [-0.2, 0) is 17.7 Å². The van der Waals surface area contributed by atoms with Crippen molar-refractivity contribution in [1.29, 1.82) is 0 Å². The minimum Gasteiger partial charge on any atom is -0.465 e. The van der Waals surface area contributed by atoms with Crippen molar-refractivity contribution in [3.63, 3.8) is 0 Å². The average Bonchev–Trinajstić information content (AvgIpc) is 3.29. The molecule has 0 bridgehead atoms. The van der Waals surface area contributed by atoms with Gasteiger partial charge in [0.05, 0.1) is 19.8 Å². The smallest absolute Gasteiger partial charge is 0.118 e. The van der Waals surface area contributed by atoms with Gasteiger partial charge >= 0.3 is 0 Å². The van der Waals surface area contributed by atoms with E-state index in [1.165, 1.54) is 19.4 Å². The Hall–Kier alpha value is -0.840. The lowest BCUT2D eigenvalue weighted by molar-refractivity contribution is -0.0886. The maximum Gasteiger partial charge on any atom is 0.118 e. The quantitative estimate of drug-likeness (QED) is 0.836. The van der Waals surface area contributed by atoms with Gasteiger partial charge in [-0.15, -0.1) is 0 Å². The lowest BCUT2D eigenvalue weighted by atomic mass is 10.0. The van der Waals surface area contributed by atoms with Crippen LogP contribution in [-0.4, -0.2) is 54.7 Å². The molecule has 0 unspecified atom stereocenters. The minimum atomic E-state index is 0.582. The highest BCUT2D eigenvalue weighted by Crippen LogP contribution is 2.38. The molecule has 2 atom stereocenters. The Kier molecular flexibility index (Phi) is 4.25. The number of morpholine rings is 1. The highest BCUT2D eigenvalue weighted by Gasteiger charge is 2.42. The molecule has 0 N–H and O–H groups in total. The Morgan fingerprint density at radius 3 is 2.82 bits per heavy atom. The zero-order chi connectivity index (χ0) is 14.9. The molecule has 122 valence electrons. The van der Waals surface area contributed by atoms with Crippen LogP contribution in [0.1, 0.15) is 37.7 Å². The number of rotatable bonds is 5. The fourth-order valence-electron chi connectivity index (χ4n) is 4.08. The van der Waals surface area contributed by atoms with Gasteiger partial charge in [-0.3, -0.25) is 9.80 Å². The normalized spacial score (nSPS) is 30.4. The molecule has 1 aromatic rings. The summed E-state index contributed by atoms with van der Waals surface area (Å²) in [6.45, 7) is 8.47. The SMILES string of the molecule is CCCc1ccc(CN2CCN3[C@@H](COC[C@@H]3C3CC3)C2)o1. The minimum absolute atomic E-state index is 0.582. The van der Waals surface area contributed by atoms with Gasteiger partial charge in [0, 0.05) is 38.1 Å². The number of aryl methyl sites for hydroxylation is 1. The highest BCUT2D eigenvalue weighted by molar-refractivity contribution is 5.08. The lowest BCUT2D eigenvalue weighted by Gasteiger charge is -2.48. The van der Waals surface area contributed by atoms with Gasteiger partial charge in [-0.05, 0) is 37.3 Å². The second-order valence-electron chi connectivity index (χ2n) is 7.19. The van der Waals surface area contributed by atoms with E-state index in [1.807, 2.05) is 0 Å². The summed E-state index contributed by atoms with van der Waals surface area (Å²) in [5.74, 6) is 3.16. The molecule has 1 aromatic heterocycles. The van der Waals surface area contributed by atoms with E-state index < -0.39 is 0 Å². The van der Waals surface area contributed by atoms with E-state index in [-0.39, 0.29) is 0 Å². The van der Waals surface area contributed by atoms with Gasteiger partial charge in [-0.1, -0.05) is 6.92 Å². The molecule has 0 aromatic carbocycles. The van der Waals surface area contributed by atoms with Crippen molar-refractivity contribution in [2.24, 2.45) is 5.92 Å². The molecule has 2 aliphatic heterocycles. The maximum absolute atomic E-state index is 5.95. The van der Waals surface area contributed by atoms with Crippen molar-refractivity contribution < 1.29 is 9.15 Å². The highest BCUT2D eigenvalue weighted by atomic mass is 16.5. The van der Waals surface area contributed by atoms with Crippen LogP contribution in [0, 0.1) is 5.92 Å². The monoisotopic (exact) mass is 304 g/mol. The van der Waals surface area contributed by atoms with E-state index in [2.05, 4.69) is 28.9 Å². The third kappa shape index (κ3) is 3.10. The van der Waals surface area contributed by atoms with Crippen LogP contribution in [0.25, 0.3) is 0 Å². The van der Waals surface area contributed by atoms with E-state index in [0.29, 0.717) is 12.1 Å². The van der Waals surface area contributed by atoms with E-state index >= 15 is 0 Å². The van der Waals surface area contributed by atoms with Crippen LogP contribution < -0.4 is 0 Å². The second kappa shape index (κ2) is 6.34. The molecule has 0 spiro atoms. The van der Waals surface area contributed by atoms with Gasteiger partial charge in [0.25, 0.3) is 0 Å². The van der Waals surface area contributed by atoms with Crippen LogP contribution in [0.5, 0.6) is 0 Å².